The molecule has 0 aliphatic carbocycles. The van der Waals surface area contributed by atoms with E-state index in [0.717, 1.165) is 31.7 Å². The van der Waals surface area contributed by atoms with Gasteiger partial charge in [-0.25, -0.2) is 0 Å². The fourth-order valence-corrected chi connectivity index (χ4v) is 2.33. The number of pyridine rings is 1. The van der Waals surface area contributed by atoms with Gasteiger partial charge in [0.1, 0.15) is 0 Å². The van der Waals surface area contributed by atoms with Gasteiger partial charge in [-0.15, -0.1) is 0 Å². The first-order valence-electron chi connectivity index (χ1n) is 6.68. The molecule has 1 aliphatic rings. The fraction of sp³-hybridized carbons (Fsp3) is 0.571. The molecule has 0 saturated carbocycles. The second-order valence-electron chi connectivity index (χ2n) is 4.79. The van der Waals surface area contributed by atoms with Crippen molar-refractivity contribution < 1.29 is 4.79 Å². The number of hydrogen-bond donors (Lipinski definition) is 1. The van der Waals surface area contributed by atoms with Crippen LogP contribution in [0.5, 0.6) is 0 Å². The summed E-state index contributed by atoms with van der Waals surface area (Å²) in [5.41, 5.74) is 0.956. The summed E-state index contributed by atoms with van der Waals surface area (Å²) in [6.45, 7) is 5.41. The van der Waals surface area contributed by atoms with E-state index >= 15 is 0 Å². The first-order chi connectivity index (χ1) is 8.79. The van der Waals surface area contributed by atoms with E-state index in [1.807, 2.05) is 30.0 Å². The van der Waals surface area contributed by atoms with Crippen molar-refractivity contribution in [2.45, 2.75) is 26.3 Å². The number of rotatable bonds is 5. The smallest absolute Gasteiger partial charge is 0.223 e. The number of carbonyl (C=O) groups excluding carboxylic acids is 1. The molecule has 1 aromatic rings. The molecular weight excluding hydrogens is 226 g/mol. The van der Waals surface area contributed by atoms with E-state index in [0.29, 0.717) is 18.9 Å². The lowest BCUT2D eigenvalue weighted by Gasteiger charge is -2.22. The van der Waals surface area contributed by atoms with Crippen molar-refractivity contribution in [1.82, 2.24) is 15.2 Å². The maximum atomic E-state index is 12.2. The first kappa shape index (κ1) is 13.0. The van der Waals surface area contributed by atoms with Crippen LogP contribution >= 0.6 is 0 Å². The third-order valence-corrected chi connectivity index (χ3v) is 3.44. The summed E-state index contributed by atoms with van der Waals surface area (Å²) in [5.74, 6) is 0.757. The lowest BCUT2D eigenvalue weighted by atomic mass is 10.0. The van der Waals surface area contributed by atoms with E-state index in [4.69, 9.17) is 0 Å². The van der Waals surface area contributed by atoms with Crippen LogP contribution < -0.4 is 5.32 Å². The summed E-state index contributed by atoms with van der Waals surface area (Å²) in [4.78, 5) is 18.4. The van der Waals surface area contributed by atoms with E-state index in [1.165, 1.54) is 0 Å². The van der Waals surface area contributed by atoms with Crippen molar-refractivity contribution in [3.63, 3.8) is 0 Å². The van der Waals surface area contributed by atoms with Gasteiger partial charge in [-0.3, -0.25) is 9.78 Å². The standard InChI is InChI=1S/C14H21N3O/c1-2-17(11-13-5-3-4-7-16-13)14(18)9-12-6-8-15-10-12/h3-5,7,12,15H,2,6,8-11H2,1H3. The van der Waals surface area contributed by atoms with Gasteiger partial charge in [0, 0.05) is 19.2 Å². The Hall–Kier alpha value is -1.42. The Morgan fingerprint density at radius 1 is 1.56 bits per heavy atom. The molecule has 1 N–H and O–H groups in total. The Morgan fingerprint density at radius 2 is 2.44 bits per heavy atom. The van der Waals surface area contributed by atoms with Crippen molar-refractivity contribution in [2.24, 2.45) is 5.92 Å². The molecule has 1 fully saturated rings. The topological polar surface area (TPSA) is 45.2 Å². The van der Waals surface area contributed by atoms with Crippen LogP contribution in [0.2, 0.25) is 0 Å². The zero-order valence-electron chi connectivity index (χ0n) is 10.9. The summed E-state index contributed by atoms with van der Waals surface area (Å²) in [6, 6.07) is 5.82. The second kappa shape index (κ2) is 6.50. The molecule has 4 heteroatoms. The Kier molecular flexibility index (Phi) is 4.70. The van der Waals surface area contributed by atoms with E-state index in [2.05, 4.69) is 10.3 Å². The quantitative estimate of drug-likeness (QED) is 0.856. The van der Waals surface area contributed by atoms with Crippen molar-refractivity contribution in [1.29, 1.82) is 0 Å². The third-order valence-electron chi connectivity index (χ3n) is 3.44. The molecule has 2 heterocycles. The highest BCUT2D eigenvalue weighted by Crippen LogP contribution is 2.14. The molecule has 1 aliphatic heterocycles. The Bertz CT molecular complexity index is 374. The number of amides is 1. The van der Waals surface area contributed by atoms with Crippen molar-refractivity contribution in [3.8, 4) is 0 Å². The van der Waals surface area contributed by atoms with Gasteiger partial charge >= 0.3 is 0 Å². The third kappa shape index (κ3) is 3.53. The monoisotopic (exact) mass is 247 g/mol. The number of aromatic nitrogens is 1. The average molecular weight is 247 g/mol. The summed E-state index contributed by atoms with van der Waals surface area (Å²) >= 11 is 0. The molecule has 1 atom stereocenters. The van der Waals surface area contributed by atoms with Gasteiger partial charge in [0.2, 0.25) is 5.91 Å². The molecule has 4 nitrogen and oxygen atoms in total. The highest BCUT2D eigenvalue weighted by Gasteiger charge is 2.21. The normalized spacial score (nSPS) is 18.8. The van der Waals surface area contributed by atoms with Crippen LogP contribution in [0.15, 0.2) is 24.4 Å². The Labute approximate surface area is 108 Å². The average Bonchev–Trinajstić information content (AvgIpc) is 2.90. The summed E-state index contributed by atoms with van der Waals surface area (Å²) in [7, 11) is 0. The zero-order chi connectivity index (χ0) is 12.8. The van der Waals surface area contributed by atoms with E-state index < -0.39 is 0 Å². The molecule has 0 spiro atoms. The van der Waals surface area contributed by atoms with E-state index in [1.54, 1.807) is 6.20 Å². The molecule has 1 saturated heterocycles. The molecule has 2 rings (SSSR count). The molecule has 98 valence electrons. The summed E-state index contributed by atoms with van der Waals surface area (Å²) in [5, 5.41) is 3.30. The van der Waals surface area contributed by atoms with Crippen molar-refractivity contribution in [2.75, 3.05) is 19.6 Å². The second-order valence-corrected chi connectivity index (χ2v) is 4.79. The molecule has 0 bridgehead atoms. The van der Waals surface area contributed by atoms with Crippen LogP contribution in [0.3, 0.4) is 0 Å². The van der Waals surface area contributed by atoms with Crippen LogP contribution in [-0.2, 0) is 11.3 Å². The van der Waals surface area contributed by atoms with Crippen LogP contribution in [0.1, 0.15) is 25.5 Å². The Balaban J connectivity index is 1.89. The number of nitrogens with zero attached hydrogens (tertiary/aromatic N) is 2. The predicted octanol–water partition coefficient (Wildman–Crippen LogP) is 1.43. The van der Waals surface area contributed by atoms with Crippen LogP contribution in [0.4, 0.5) is 0 Å². The maximum absolute atomic E-state index is 12.2. The van der Waals surface area contributed by atoms with Crippen LogP contribution in [-0.4, -0.2) is 35.4 Å². The number of nitrogens with one attached hydrogen (secondary N) is 1. The minimum atomic E-state index is 0.247. The SMILES string of the molecule is CCN(Cc1ccccn1)C(=O)CC1CCNC1. The molecular formula is C14H21N3O. The number of carbonyl (C=O) groups is 1. The van der Waals surface area contributed by atoms with Crippen molar-refractivity contribution >= 4 is 5.91 Å². The molecule has 0 radical (unpaired) electrons. The molecule has 0 aromatic carbocycles. The highest BCUT2D eigenvalue weighted by atomic mass is 16.2. The minimum Gasteiger partial charge on any atom is -0.337 e. The molecule has 1 amide bonds. The van der Waals surface area contributed by atoms with Gasteiger partial charge in [-0.05, 0) is 44.5 Å². The van der Waals surface area contributed by atoms with Gasteiger partial charge in [0.25, 0.3) is 0 Å². The largest absolute Gasteiger partial charge is 0.337 e. The van der Waals surface area contributed by atoms with Crippen molar-refractivity contribution in [3.05, 3.63) is 30.1 Å². The molecule has 18 heavy (non-hydrogen) atoms. The predicted molar refractivity (Wildman–Crippen MR) is 70.9 cm³/mol. The molecule has 1 aromatic heterocycles. The van der Waals surface area contributed by atoms with E-state index in [9.17, 15) is 4.79 Å². The van der Waals surface area contributed by atoms with E-state index in [-0.39, 0.29) is 5.91 Å². The zero-order valence-corrected chi connectivity index (χ0v) is 10.9. The summed E-state index contributed by atoms with van der Waals surface area (Å²) < 4.78 is 0. The van der Waals surface area contributed by atoms with Crippen LogP contribution in [0.25, 0.3) is 0 Å². The van der Waals surface area contributed by atoms with Gasteiger partial charge in [-0.2, -0.15) is 0 Å². The lowest BCUT2D eigenvalue weighted by molar-refractivity contribution is -0.132. The first-order valence-corrected chi connectivity index (χ1v) is 6.68. The van der Waals surface area contributed by atoms with Gasteiger partial charge < -0.3 is 10.2 Å². The molecule has 1 unspecified atom stereocenters. The number of hydrogen-bond acceptors (Lipinski definition) is 3. The van der Waals surface area contributed by atoms with Gasteiger partial charge in [0.05, 0.1) is 12.2 Å². The summed E-state index contributed by atoms with van der Waals surface area (Å²) in [6.07, 6.45) is 3.55. The maximum Gasteiger partial charge on any atom is 0.223 e. The Morgan fingerprint density at radius 3 is 3.06 bits per heavy atom. The van der Waals surface area contributed by atoms with Crippen LogP contribution in [0, 0.1) is 5.92 Å². The highest BCUT2D eigenvalue weighted by molar-refractivity contribution is 5.76. The minimum absolute atomic E-state index is 0.247. The van der Waals surface area contributed by atoms with Gasteiger partial charge in [0.15, 0.2) is 0 Å². The fourth-order valence-electron chi connectivity index (χ4n) is 2.33. The lowest BCUT2D eigenvalue weighted by Crippen LogP contribution is -2.32. The van der Waals surface area contributed by atoms with Gasteiger partial charge in [-0.1, -0.05) is 6.07 Å².